The summed E-state index contributed by atoms with van der Waals surface area (Å²) in [7, 11) is 2.77. The molecular weight excluding hydrogens is 434 g/mol. The summed E-state index contributed by atoms with van der Waals surface area (Å²) in [5.41, 5.74) is -0.728. The molecule has 142 valence electrons. The second kappa shape index (κ2) is 6.09. The number of imide groups is 1. The zero-order valence-corrected chi connectivity index (χ0v) is 16.3. The Labute approximate surface area is 164 Å². The van der Waals surface area contributed by atoms with Crippen molar-refractivity contribution in [1.82, 2.24) is 18.7 Å². The fraction of sp³-hybridized carbons (Fsp3) is 0.176. The number of aryl methyl sites for hydroxylation is 1. The monoisotopic (exact) mass is 445 g/mol. The average Bonchev–Trinajstić information content (AvgIpc) is 3.13. The lowest BCUT2D eigenvalue weighted by atomic mass is 10.1. The van der Waals surface area contributed by atoms with E-state index in [9.17, 15) is 24.0 Å². The van der Waals surface area contributed by atoms with Gasteiger partial charge in [0.15, 0.2) is 15.9 Å². The van der Waals surface area contributed by atoms with Crippen LogP contribution in [0.5, 0.6) is 0 Å². The number of nitrogens with zero attached hydrogens (tertiary/aromatic N) is 5. The minimum Gasteiger partial charge on any atom is -0.303 e. The summed E-state index contributed by atoms with van der Waals surface area (Å²) in [6.07, 6.45) is 0. The first kappa shape index (κ1) is 18.0. The number of ketones is 1. The first-order chi connectivity index (χ1) is 13.2. The molecule has 28 heavy (non-hydrogen) atoms. The van der Waals surface area contributed by atoms with Crippen molar-refractivity contribution in [1.29, 1.82) is 0 Å². The lowest BCUT2D eigenvalue weighted by molar-refractivity contribution is -0.124. The number of carbonyl (C=O) groups is 3. The van der Waals surface area contributed by atoms with Gasteiger partial charge >= 0.3 is 11.6 Å². The number of hydrogen-bond acceptors (Lipinski definition) is 6. The minimum absolute atomic E-state index is 0.0242. The highest BCUT2D eigenvalue weighted by Crippen LogP contribution is 2.29. The molecule has 1 aliphatic heterocycles. The van der Waals surface area contributed by atoms with Gasteiger partial charge in [-0.3, -0.25) is 28.3 Å². The first-order valence-electron chi connectivity index (χ1n) is 8.06. The number of anilines is 1. The summed E-state index contributed by atoms with van der Waals surface area (Å²) in [6.45, 7) is -0.433. The Morgan fingerprint density at radius 3 is 2.46 bits per heavy atom. The van der Waals surface area contributed by atoms with Crippen LogP contribution < -0.4 is 16.1 Å². The molecule has 0 atom stereocenters. The van der Waals surface area contributed by atoms with Crippen LogP contribution in [-0.4, -0.2) is 36.3 Å². The van der Waals surface area contributed by atoms with Crippen molar-refractivity contribution < 1.29 is 14.4 Å². The number of Topliss-reactive ketones (excluding diaryl/α,β-unsaturated/α-hetero) is 1. The Morgan fingerprint density at radius 1 is 1.07 bits per heavy atom. The number of hydrogen-bond donors (Lipinski definition) is 0. The molecule has 2 amide bonds. The number of halogens is 1. The van der Waals surface area contributed by atoms with Crippen molar-refractivity contribution in [2.24, 2.45) is 14.1 Å². The number of amides is 2. The van der Waals surface area contributed by atoms with Gasteiger partial charge in [0.1, 0.15) is 6.54 Å². The third-order valence-electron chi connectivity index (χ3n) is 4.63. The Balaban J connectivity index is 1.84. The molecule has 0 unspecified atom stereocenters. The van der Waals surface area contributed by atoms with Gasteiger partial charge in [-0.1, -0.05) is 12.1 Å². The molecule has 0 saturated carbocycles. The largest absolute Gasteiger partial charge is 0.332 e. The van der Waals surface area contributed by atoms with E-state index in [1.54, 1.807) is 12.1 Å². The predicted octanol–water partition coefficient (Wildman–Crippen LogP) is -0.0477. The molecule has 10 nitrogen and oxygen atoms in total. The molecule has 0 fully saturated rings. The van der Waals surface area contributed by atoms with E-state index < -0.39 is 35.4 Å². The zero-order chi connectivity index (χ0) is 20.3. The molecule has 11 heteroatoms. The van der Waals surface area contributed by atoms with Crippen LogP contribution in [0.2, 0.25) is 0 Å². The predicted molar refractivity (Wildman–Crippen MR) is 101 cm³/mol. The Morgan fingerprint density at radius 2 is 1.75 bits per heavy atom. The number of para-hydroxylation sites is 1. The summed E-state index contributed by atoms with van der Waals surface area (Å²) in [6, 6.07) is 6.18. The smallest absolute Gasteiger partial charge is 0.303 e. The molecule has 1 aliphatic rings. The average molecular weight is 446 g/mol. The van der Waals surface area contributed by atoms with Crippen LogP contribution in [0.3, 0.4) is 0 Å². The maximum absolute atomic E-state index is 12.9. The fourth-order valence-electron chi connectivity index (χ4n) is 3.20. The summed E-state index contributed by atoms with van der Waals surface area (Å²) in [5, 5.41) is 0. The third kappa shape index (κ3) is 2.32. The van der Waals surface area contributed by atoms with Crippen LogP contribution in [0.25, 0.3) is 11.2 Å². The van der Waals surface area contributed by atoms with Crippen LogP contribution >= 0.6 is 15.9 Å². The highest BCUT2D eigenvalue weighted by Gasteiger charge is 2.39. The lowest BCUT2D eigenvalue weighted by Crippen LogP contribution is -2.40. The summed E-state index contributed by atoms with van der Waals surface area (Å²) in [4.78, 5) is 66.9. The molecule has 3 heterocycles. The summed E-state index contributed by atoms with van der Waals surface area (Å²) in [5.74, 6) is -2.43. The fourth-order valence-corrected chi connectivity index (χ4v) is 3.68. The Hall–Kier alpha value is -3.34. The normalized spacial score (nSPS) is 13.5. The Kier molecular flexibility index (Phi) is 3.93. The SMILES string of the molecule is Cn1c(=O)c2c(nc(Br)n2CC(=O)N2C(=O)C(=O)c3ccccc32)n(C)c1=O. The van der Waals surface area contributed by atoms with Crippen molar-refractivity contribution in [2.75, 3.05) is 4.90 Å². The van der Waals surface area contributed by atoms with Gasteiger partial charge in [-0.15, -0.1) is 0 Å². The van der Waals surface area contributed by atoms with Crippen molar-refractivity contribution in [3.05, 3.63) is 55.4 Å². The summed E-state index contributed by atoms with van der Waals surface area (Å²) < 4.78 is 3.48. The number of imidazole rings is 1. The molecule has 0 N–H and O–H groups in total. The van der Waals surface area contributed by atoms with Crippen LogP contribution in [0.1, 0.15) is 10.4 Å². The molecule has 0 saturated heterocycles. The van der Waals surface area contributed by atoms with Gasteiger partial charge in [-0.25, -0.2) is 14.7 Å². The second-order valence-corrected chi connectivity index (χ2v) is 6.93. The van der Waals surface area contributed by atoms with E-state index in [0.29, 0.717) is 0 Å². The summed E-state index contributed by atoms with van der Waals surface area (Å²) >= 11 is 3.19. The molecule has 4 rings (SSSR count). The first-order valence-corrected chi connectivity index (χ1v) is 8.85. The van der Waals surface area contributed by atoms with Gasteiger partial charge in [0, 0.05) is 14.1 Å². The molecular formula is C17H12BrN5O5. The lowest BCUT2D eigenvalue weighted by Gasteiger charge is -2.15. The Bertz CT molecular complexity index is 1330. The zero-order valence-electron chi connectivity index (χ0n) is 14.7. The molecule has 3 aromatic rings. The molecule has 0 aliphatic carbocycles. The number of rotatable bonds is 2. The highest BCUT2D eigenvalue weighted by molar-refractivity contribution is 9.10. The number of fused-ring (bicyclic) bond motifs is 2. The van der Waals surface area contributed by atoms with Gasteiger partial charge in [-0.2, -0.15) is 0 Å². The maximum atomic E-state index is 12.9. The van der Waals surface area contributed by atoms with Crippen LogP contribution in [-0.2, 0) is 30.2 Å². The van der Waals surface area contributed by atoms with E-state index in [1.165, 1.54) is 35.4 Å². The van der Waals surface area contributed by atoms with E-state index >= 15 is 0 Å². The van der Waals surface area contributed by atoms with Crippen LogP contribution in [0.4, 0.5) is 5.69 Å². The van der Waals surface area contributed by atoms with E-state index in [2.05, 4.69) is 20.9 Å². The van der Waals surface area contributed by atoms with Crippen molar-refractivity contribution in [2.45, 2.75) is 6.54 Å². The molecule has 0 bridgehead atoms. The third-order valence-corrected chi connectivity index (χ3v) is 5.24. The second-order valence-electron chi connectivity index (χ2n) is 6.23. The van der Waals surface area contributed by atoms with Gasteiger partial charge < -0.3 is 4.57 Å². The highest BCUT2D eigenvalue weighted by atomic mass is 79.9. The quantitative estimate of drug-likeness (QED) is 0.403. The van der Waals surface area contributed by atoms with Crippen molar-refractivity contribution in [3.63, 3.8) is 0 Å². The van der Waals surface area contributed by atoms with Gasteiger partial charge in [0.05, 0.1) is 11.3 Å². The molecule has 2 aromatic heterocycles. The number of carbonyl (C=O) groups excluding carboxylic acids is 3. The van der Waals surface area contributed by atoms with E-state index in [1.807, 2.05) is 0 Å². The molecule has 0 spiro atoms. The van der Waals surface area contributed by atoms with Crippen molar-refractivity contribution >= 4 is 50.4 Å². The van der Waals surface area contributed by atoms with E-state index in [0.717, 1.165) is 9.47 Å². The van der Waals surface area contributed by atoms with Crippen molar-refractivity contribution in [3.8, 4) is 0 Å². The maximum Gasteiger partial charge on any atom is 0.332 e. The van der Waals surface area contributed by atoms with Gasteiger partial charge in [0.2, 0.25) is 0 Å². The van der Waals surface area contributed by atoms with Gasteiger partial charge in [0.25, 0.3) is 17.2 Å². The number of benzene rings is 1. The minimum atomic E-state index is -0.952. The van der Waals surface area contributed by atoms with Crippen LogP contribution in [0, 0.1) is 0 Å². The van der Waals surface area contributed by atoms with E-state index in [4.69, 9.17) is 0 Å². The van der Waals surface area contributed by atoms with Gasteiger partial charge in [-0.05, 0) is 28.1 Å². The number of aromatic nitrogens is 4. The standard InChI is InChI=1S/C17H12BrN5O5/c1-20-13-11(14(26)21(2)17(20)28)22(16(18)19-13)7-10(24)23-9-6-4-3-5-8(9)12(25)15(23)27/h3-6H,7H2,1-2H3. The van der Waals surface area contributed by atoms with E-state index in [-0.39, 0.29) is 27.1 Å². The van der Waals surface area contributed by atoms with Crippen LogP contribution in [0.15, 0.2) is 38.6 Å². The molecule has 1 aromatic carbocycles. The topological polar surface area (TPSA) is 116 Å². The molecule has 0 radical (unpaired) electrons.